The molecule has 0 bridgehead atoms. The number of carbonyl (C=O) groups is 2. The van der Waals surface area contributed by atoms with Crippen LogP contribution in [0.25, 0.3) is 0 Å². The number of alkyl halides is 2. The van der Waals surface area contributed by atoms with Crippen LogP contribution in [0.1, 0.15) is 32.1 Å². The summed E-state index contributed by atoms with van der Waals surface area (Å²) in [4.78, 5) is 21.4. The molecule has 6 heteroatoms. The Bertz CT molecular complexity index is 271. The van der Waals surface area contributed by atoms with Gasteiger partial charge in [0.2, 0.25) is 11.8 Å². The Kier molecular flexibility index (Phi) is 4.20. The number of carboxylic acid groups (broad SMARTS) is 1. The lowest BCUT2D eigenvalue weighted by molar-refractivity contribution is -0.138. The van der Waals surface area contributed by atoms with Gasteiger partial charge in [0.25, 0.3) is 0 Å². The molecule has 0 aromatic heterocycles. The van der Waals surface area contributed by atoms with Gasteiger partial charge in [-0.1, -0.05) is 0 Å². The van der Waals surface area contributed by atoms with E-state index in [1.165, 1.54) is 0 Å². The highest BCUT2D eigenvalue weighted by Gasteiger charge is 2.35. The number of hydrogen-bond acceptors (Lipinski definition) is 2. The number of rotatable bonds is 4. The molecule has 0 radical (unpaired) electrons. The third-order valence-electron chi connectivity index (χ3n) is 2.75. The Morgan fingerprint density at radius 3 is 2.38 bits per heavy atom. The highest BCUT2D eigenvalue weighted by Crippen LogP contribution is 2.37. The molecule has 0 saturated heterocycles. The van der Waals surface area contributed by atoms with Gasteiger partial charge in [0.1, 0.15) is 6.54 Å². The molecule has 1 aliphatic carbocycles. The van der Waals surface area contributed by atoms with Crippen molar-refractivity contribution in [3.05, 3.63) is 0 Å². The maximum atomic E-state index is 12.8. The van der Waals surface area contributed by atoms with E-state index in [0.29, 0.717) is 12.8 Å². The SMILES string of the molecule is O=C(O)CNC(=O)CC1CCC(F)(F)CC1. The summed E-state index contributed by atoms with van der Waals surface area (Å²) >= 11 is 0. The van der Waals surface area contributed by atoms with Gasteiger partial charge in [0, 0.05) is 19.3 Å². The second-order valence-electron chi connectivity index (χ2n) is 4.17. The molecule has 0 unspecified atom stereocenters. The lowest BCUT2D eigenvalue weighted by Crippen LogP contribution is -2.32. The minimum atomic E-state index is -2.59. The minimum Gasteiger partial charge on any atom is -0.480 e. The number of nitrogens with one attached hydrogen (secondary N) is 1. The average molecular weight is 235 g/mol. The Balaban J connectivity index is 2.23. The van der Waals surface area contributed by atoms with Gasteiger partial charge in [-0.2, -0.15) is 0 Å². The largest absolute Gasteiger partial charge is 0.480 e. The van der Waals surface area contributed by atoms with Crippen molar-refractivity contribution in [3.8, 4) is 0 Å². The van der Waals surface area contributed by atoms with E-state index in [2.05, 4.69) is 5.32 Å². The summed E-state index contributed by atoms with van der Waals surface area (Å²) in [6.45, 7) is -0.415. The fourth-order valence-corrected chi connectivity index (χ4v) is 1.81. The van der Waals surface area contributed by atoms with Crippen LogP contribution in [0.2, 0.25) is 0 Å². The van der Waals surface area contributed by atoms with Gasteiger partial charge in [-0.3, -0.25) is 9.59 Å². The molecule has 1 fully saturated rings. The molecular formula is C10H15F2NO3. The van der Waals surface area contributed by atoms with Gasteiger partial charge in [0.15, 0.2) is 0 Å². The van der Waals surface area contributed by atoms with Gasteiger partial charge in [0.05, 0.1) is 0 Å². The van der Waals surface area contributed by atoms with Gasteiger partial charge < -0.3 is 10.4 Å². The highest BCUT2D eigenvalue weighted by molar-refractivity contribution is 5.81. The Hall–Kier alpha value is -1.20. The van der Waals surface area contributed by atoms with Crippen LogP contribution in [0, 0.1) is 5.92 Å². The Labute approximate surface area is 92.0 Å². The number of amides is 1. The van der Waals surface area contributed by atoms with Crippen molar-refractivity contribution in [1.29, 1.82) is 0 Å². The third-order valence-corrected chi connectivity index (χ3v) is 2.75. The molecule has 0 aromatic rings. The summed E-state index contributed by atoms with van der Waals surface area (Å²) in [5, 5.41) is 10.5. The molecule has 1 amide bonds. The summed E-state index contributed by atoms with van der Waals surface area (Å²) in [6.07, 6.45) is 0.443. The van der Waals surface area contributed by atoms with E-state index < -0.39 is 18.4 Å². The molecule has 1 rings (SSSR count). The highest BCUT2D eigenvalue weighted by atomic mass is 19.3. The first-order valence-electron chi connectivity index (χ1n) is 5.25. The summed E-state index contributed by atoms with van der Waals surface area (Å²) in [7, 11) is 0. The van der Waals surface area contributed by atoms with Crippen molar-refractivity contribution in [1.82, 2.24) is 5.32 Å². The molecule has 0 heterocycles. The van der Waals surface area contributed by atoms with E-state index in [4.69, 9.17) is 5.11 Å². The monoisotopic (exact) mass is 235 g/mol. The van der Waals surface area contributed by atoms with Gasteiger partial charge in [-0.05, 0) is 18.8 Å². The molecule has 2 N–H and O–H groups in total. The smallest absolute Gasteiger partial charge is 0.322 e. The molecule has 0 spiro atoms. The molecule has 1 aliphatic rings. The van der Waals surface area contributed by atoms with Crippen LogP contribution < -0.4 is 5.32 Å². The number of carbonyl (C=O) groups excluding carboxylic acids is 1. The average Bonchev–Trinajstić information content (AvgIpc) is 2.18. The number of aliphatic carboxylic acids is 1. The predicted octanol–water partition coefficient (Wildman–Crippen LogP) is 1.40. The molecular weight excluding hydrogens is 220 g/mol. The van der Waals surface area contributed by atoms with E-state index in [1.54, 1.807) is 0 Å². The van der Waals surface area contributed by atoms with Gasteiger partial charge in [-0.15, -0.1) is 0 Å². The predicted molar refractivity (Wildman–Crippen MR) is 52.2 cm³/mol. The van der Waals surface area contributed by atoms with Crippen LogP contribution in [-0.4, -0.2) is 29.5 Å². The summed E-state index contributed by atoms with van der Waals surface area (Å²) in [5.74, 6) is -4.12. The molecule has 0 aliphatic heterocycles. The lowest BCUT2D eigenvalue weighted by Gasteiger charge is -2.27. The zero-order valence-corrected chi connectivity index (χ0v) is 8.84. The first kappa shape index (κ1) is 12.9. The topological polar surface area (TPSA) is 66.4 Å². The first-order valence-corrected chi connectivity index (χ1v) is 5.25. The van der Waals surface area contributed by atoms with Crippen LogP contribution in [0.15, 0.2) is 0 Å². The second-order valence-corrected chi connectivity index (χ2v) is 4.17. The van der Waals surface area contributed by atoms with E-state index in [9.17, 15) is 18.4 Å². The second kappa shape index (κ2) is 5.23. The summed E-state index contributed by atoms with van der Waals surface area (Å²) in [5.41, 5.74) is 0. The third kappa shape index (κ3) is 4.55. The molecule has 0 aromatic carbocycles. The minimum absolute atomic E-state index is 0.0478. The summed E-state index contributed by atoms with van der Waals surface area (Å²) in [6, 6.07) is 0. The fourth-order valence-electron chi connectivity index (χ4n) is 1.81. The van der Waals surface area contributed by atoms with Crippen LogP contribution in [-0.2, 0) is 9.59 Å². The quantitative estimate of drug-likeness (QED) is 0.774. The molecule has 4 nitrogen and oxygen atoms in total. The molecule has 92 valence electrons. The Morgan fingerprint density at radius 1 is 1.31 bits per heavy atom. The maximum Gasteiger partial charge on any atom is 0.322 e. The lowest BCUT2D eigenvalue weighted by atomic mass is 9.84. The molecule has 0 atom stereocenters. The maximum absolute atomic E-state index is 12.8. The van der Waals surface area contributed by atoms with Crippen molar-refractivity contribution in [2.75, 3.05) is 6.54 Å². The van der Waals surface area contributed by atoms with E-state index >= 15 is 0 Å². The molecule has 1 saturated carbocycles. The zero-order valence-electron chi connectivity index (χ0n) is 8.84. The van der Waals surface area contributed by atoms with Crippen LogP contribution >= 0.6 is 0 Å². The number of halogens is 2. The van der Waals surface area contributed by atoms with Crippen molar-refractivity contribution < 1.29 is 23.5 Å². The number of carboxylic acids is 1. The Morgan fingerprint density at radius 2 is 1.88 bits per heavy atom. The fraction of sp³-hybridized carbons (Fsp3) is 0.800. The van der Waals surface area contributed by atoms with Crippen molar-refractivity contribution in [2.24, 2.45) is 5.92 Å². The standard InChI is InChI=1S/C10H15F2NO3/c11-10(12)3-1-7(2-4-10)5-8(14)13-6-9(15)16/h7H,1-6H2,(H,13,14)(H,15,16). The van der Waals surface area contributed by atoms with Crippen LogP contribution in [0.5, 0.6) is 0 Å². The summed E-state index contributed by atoms with van der Waals surface area (Å²) < 4.78 is 25.6. The van der Waals surface area contributed by atoms with E-state index in [1.807, 2.05) is 0 Å². The van der Waals surface area contributed by atoms with Crippen molar-refractivity contribution in [2.45, 2.75) is 38.0 Å². The van der Waals surface area contributed by atoms with Crippen molar-refractivity contribution >= 4 is 11.9 Å². The number of hydrogen-bond donors (Lipinski definition) is 2. The van der Waals surface area contributed by atoms with Gasteiger partial charge in [-0.25, -0.2) is 8.78 Å². The van der Waals surface area contributed by atoms with Crippen LogP contribution in [0.4, 0.5) is 8.78 Å². The van der Waals surface area contributed by atoms with E-state index in [-0.39, 0.29) is 31.1 Å². The van der Waals surface area contributed by atoms with E-state index in [0.717, 1.165) is 0 Å². The van der Waals surface area contributed by atoms with Gasteiger partial charge >= 0.3 is 5.97 Å². The molecule has 16 heavy (non-hydrogen) atoms. The van der Waals surface area contributed by atoms with Crippen LogP contribution in [0.3, 0.4) is 0 Å². The zero-order chi connectivity index (χ0) is 12.2. The first-order chi connectivity index (χ1) is 7.39. The normalized spacial score (nSPS) is 20.4. The van der Waals surface area contributed by atoms with Crippen molar-refractivity contribution in [3.63, 3.8) is 0 Å².